The zero-order chi connectivity index (χ0) is 15.6. The van der Waals surface area contributed by atoms with E-state index in [2.05, 4.69) is 0 Å². The molecule has 0 N–H and O–H groups in total. The van der Waals surface area contributed by atoms with Crippen LogP contribution in [0.1, 0.15) is 34.6 Å². The number of Topliss-reactive ketones (excluding diaryl/α,β-unsaturated/α-hetero) is 2. The van der Waals surface area contributed by atoms with Crippen LogP contribution in [-0.4, -0.2) is 51.2 Å². The molecular formula is C15H28O5. The summed E-state index contributed by atoms with van der Waals surface area (Å²) in [6.07, 6.45) is 0. The van der Waals surface area contributed by atoms with Gasteiger partial charge in [-0.25, -0.2) is 0 Å². The highest BCUT2D eigenvalue weighted by atomic mass is 16.5. The normalized spacial score (nSPS) is 11.9. The van der Waals surface area contributed by atoms with Gasteiger partial charge in [-0.05, 0) is 0 Å². The molecule has 0 bridgehead atoms. The zero-order valence-corrected chi connectivity index (χ0v) is 13.4. The van der Waals surface area contributed by atoms with E-state index >= 15 is 0 Å². The van der Waals surface area contributed by atoms with Crippen LogP contribution in [0.5, 0.6) is 0 Å². The Hall–Kier alpha value is -0.780. The van der Waals surface area contributed by atoms with Crippen molar-refractivity contribution in [2.24, 2.45) is 11.3 Å². The van der Waals surface area contributed by atoms with Crippen LogP contribution in [0.2, 0.25) is 0 Å². The van der Waals surface area contributed by atoms with E-state index < -0.39 is 0 Å². The Balaban J connectivity index is 3.34. The second kappa shape index (κ2) is 10.0. The Labute approximate surface area is 122 Å². The van der Waals surface area contributed by atoms with Crippen molar-refractivity contribution in [3.05, 3.63) is 0 Å². The van der Waals surface area contributed by atoms with Gasteiger partial charge in [0.15, 0.2) is 11.6 Å². The summed E-state index contributed by atoms with van der Waals surface area (Å²) < 4.78 is 15.7. The second-order valence-electron chi connectivity index (χ2n) is 6.01. The van der Waals surface area contributed by atoms with Crippen molar-refractivity contribution in [2.75, 3.05) is 39.6 Å². The molecule has 0 unspecified atom stereocenters. The molecule has 0 aromatic rings. The van der Waals surface area contributed by atoms with E-state index in [9.17, 15) is 9.59 Å². The molecule has 0 saturated heterocycles. The van der Waals surface area contributed by atoms with Crippen LogP contribution in [0.15, 0.2) is 0 Å². The van der Waals surface area contributed by atoms with Crippen molar-refractivity contribution in [1.82, 2.24) is 0 Å². The number of carbonyl (C=O) groups is 2. The zero-order valence-electron chi connectivity index (χ0n) is 13.4. The van der Waals surface area contributed by atoms with E-state index in [1.807, 2.05) is 34.6 Å². The average molecular weight is 288 g/mol. The monoisotopic (exact) mass is 288 g/mol. The van der Waals surface area contributed by atoms with Gasteiger partial charge in [0.2, 0.25) is 0 Å². The van der Waals surface area contributed by atoms with Gasteiger partial charge in [-0.15, -0.1) is 0 Å². The molecule has 0 aromatic carbocycles. The maximum atomic E-state index is 11.5. The first-order chi connectivity index (χ1) is 9.25. The molecule has 0 radical (unpaired) electrons. The number of carbonyl (C=O) groups excluding carboxylic acids is 2. The van der Waals surface area contributed by atoms with Crippen molar-refractivity contribution in [1.29, 1.82) is 0 Å². The molecule has 0 heterocycles. The summed E-state index contributed by atoms with van der Waals surface area (Å²) in [4.78, 5) is 22.8. The fourth-order valence-corrected chi connectivity index (χ4v) is 1.06. The molecule has 0 fully saturated rings. The highest BCUT2D eigenvalue weighted by molar-refractivity contribution is 5.84. The molecule has 0 aliphatic heterocycles. The summed E-state index contributed by atoms with van der Waals surface area (Å²) in [5.74, 6) is 0.173. The lowest BCUT2D eigenvalue weighted by Crippen LogP contribution is -2.25. The maximum Gasteiger partial charge on any atom is 0.163 e. The van der Waals surface area contributed by atoms with E-state index in [1.165, 1.54) is 0 Å². The fraction of sp³-hybridized carbons (Fsp3) is 0.867. The lowest BCUT2D eigenvalue weighted by molar-refractivity contribution is -0.131. The van der Waals surface area contributed by atoms with E-state index in [0.717, 1.165) is 0 Å². The average Bonchev–Trinajstić information content (AvgIpc) is 2.34. The first-order valence-corrected chi connectivity index (χ1v) is 7.04. The van der Waals surface area contributed by atoms with Crippen LogP contribution in [-0.2, 0) is 23.8 Å². The predicted octanol–water partition coefficient (Wildman–Crippen LogP) is 1.88. The van der Waals surface area contributed by atoms with Crippen LogP contribution >= 0.6 is 0 Å². The Morgan fingerprint density at radius 1 is 0.850 bits per heavy atom. The molecule has 0 atom stereocenters. The first-order valence-electron chi connectivity index (χ1n) is 7.04. The molecule has 0 spiro atoms. The second-order valence-corrected chi connectivity index (χ2v) is 6.01. The van der Waals surface area contributed by atoms with E-state index in [4.69, 9.17) is 14.2 Å². The summed E-state index contributed by atoms with van der Waals surface area (Å²) in [7, 11) is 0. The summed E-state index contributed by atoms with van der Waals surface area (Å²) in [5.41, 5.74) is -0.363. The lowest BCUT2D eigenvalue weighted by Gasteiger charge is -2.16. The molecular weight excluding hydrogens is 260 g/mol. The van der Waals surface area contributed by atoms with E-state index in [0.29, 0.717) is 26.4 Å². The lowest BCUT2D eigenvalue weighted by atomic mass is 9.91. The highest BCUT2D eigenvalue weighted by Gasteiger charge is 2.20. The summed E-state index contributed by atoms with van der Waals surface area (Å²) in [6, 6.07) is 0. The van der Waals surface area contributed by atoms with Crippen molar-refractivity contribution in [3.8, 4) is 0 Å². The number of hydrogen-bond acceptors (Lipinski definition) is 5. The van der Waals surface area contributed by atoms with Gasteiger partial charge in [-0.1, -0.05) is 34.6 Å². The fourth-order valence-electron chi connectivity index (χ4n) is 1.06. The number of rotatable bonds is 11. The third-order valence-corrected chi connectivity index (χ3v) is 2.70. The minimum Gasteiger partial charge on any atom is -0.377 e. The predicted molar refractivity (Wildman–Crippen MR) is 76.8 cm³/mol. The van der Waals surface area contributed by atoms with Gasteiger partial charge in [-0.2, -0.15) is 0 Å². The molecule has 20 heavy (non-hydrogen) atoms. The summed E-state index contributed by atoms with van der Waals surface area (Å²) in [6.45, 7) is 11.1. The minimum absolute atomic E-state index is 0.00433. The molecule has 0 aromatic heterocycles. The third-order valence-electron chi connectivity index (χ3n) is 2.70. The third kappa shape index (κ3) is 10.1. The van der Waals surface area contributed by atoms with Gasteiger partial charge in [0.1, 0.15) is 13.2 Å². The molecule has 0 aliphatic carbocycles. The van der Waals surface area contributed by atoms with Crippen molar-refractivity contribution < 1.29 is 23.8 Å². The van der Waals surface area contributed by atoms with Gasteiger partial charge in [0.05, 0.1) is 26.4 Å². The van der Waals surface area contributed by atoms with Gasteiger partial charge in [0.25, 0.3) is 0 Å². The van der Waals surface area contributed by atoms with Crippen LogP contribution in [0.3, 0.4) is 0 Å². The van der Waals surface area contributed by atoms with Crippen LogP contribution in [0.25, 0.3) is 0 Å². The van der Waals surface area contributed by atoms with Crippen molar-refractivity contribution >= 4 is 11.6 Å². The van der Waals surface area contributed by atoms with Crippen LogP contribution in [0, 0.1) is 11.3 Å². The topological polar surface area (TPSA) is 61.8 Å². The Kier molecular flexibility index (Phi) is 9.63. The largest absolute Gasteiger partial charge is 0.377 e. The summed E-state index contributed by atoms with van der Waals surface area (Å²) >= 11 is 0. The highest BCUT2D eigenvalue weighted by Crippen LogP contribution is 2.14. The summed E-state index contributed by atoms with van der Waals surface area (Å²) in [5, 5.41) is 0. The van der Waals surface area contributed by atoms with E-state index in [1.54, 1.807) is 0 Å². The standard InChI is InChI=1S/C15H28O5/c1-12(2)13(16)10-19-8-6-18-7-9-20-11-14(17)15(3,4)5/h12H,6-11H2,1-5H3. The van der Waals surface area contributed by atoms with Gasteiger partial charge >= 0.3 is 0 Å². The Morgan fingerprint density at radius 2 is 1.30 bits per heavy atom. The van der Waals surface area contributed by atoms with E-state index in [-0.39, 0.29) is 36.1 Å². The SMILES string of the molecule is CC(C)C(=O)COCCOCCOCC(=O)C(C)(C)C. The number of ether oxygens (including phenoxy) is 3. The number of ketones is 2. The molecule has 0 amide bonds. The molecule has 0 saturated carbocycles. The minimum atomic E-state index is -0.363. The smallest absolute Gasteiger partial charge is 0.163 e. The Bertz CT molecular complexity index is 291. The quantitative estimate of drug-likeness (QED) is 0.543. The number of hydrogen-bond donors (Lipinski definition) is 0. The van der Waals surface area contributed by atoms with Gasteiger partial charge in [-0.3, -0.25) is 9.59 Å². The molecule has 5 heteroatoms. The Morgan fingerprint density at radius 3 is 1.75 bits per heavy atom. The van der Waals surface area contributed by atoms with Crippen molar-refractivity contribution in [2.45, 2.75) is 34.6 Å². The molecule has 5 nitrogen and oxygen atoms in total. The first kappa shape index (κ1) is 19.2. The van der Waals surface area contributed by atoms with Crippen LogP contribution < -0.4 is 0 Å². The van der Waals surface area contributed by atoms with Crippen molar-refractivity contribution in [3.63, 3.8) is 0 Å². The van der Waals surface area contributed by atoms with Gasteiger partial charge in [0, 0.05) is 11.3 Å². The molecule has 118 valence electrons. The molecule has 0 aliphatic rings. The molecule has 0 rings (SSSR count). The van der Waals surface area contributed by atoms with Gasteiger partial charge < -0.3 is 14.2 Å². The van der Waals surface area contributed by atoms with Crippen LogP contribution in [0.4, 0.5) is 0 Å². The maximum absolute atomic E-state index is 11.5.